The summed E-state index contributed by atoms with van der Waals surface area (Å²) in [5, 5.41) is 12.5. The monoisotopic (exact) mass is 397 g/mol. The molecule has 0 aliphatic heterocycles. The summed E-state index contributed by atoms with van der Waals surface area (Å²) in [7, 11) is 0.409. The van der Waals surface area contributed by atoms with Gasteiger partial charge in [-0.15, -0.1) is 0 Å². The summed E-state index contributed by atoms with van der Waals surface area (Å²) in [5.41, 5.74) is 4.85. The highest BCUT2D eigenvalue weighted by molar-refractivity contribution is 7.55. The molecule has 0 aliphatic rings. The minimum atomic E-state index is 0.361. The van der Waals surface area contributed by atoms with Gasteiger partial charge >= 0.3 is 0 Å². The Morgan fingerprint density at radius 3 is 1.90 bits per heavy atom. The summed E-state index contributed by atoms with van der Waals surface area (Å²) in [6, 6.07) is 35.2. The van der Waals surface area contributed by atoms with E-state index in [1.807, 2.05) is 30.3 Å². The molecule has 0 fully saturated rings. The number of anilines is 2. The largest absolute Gasteiger partial charge is 0.507 e. The van der Waals surface area contributed by atoms with E-state index >= 15 is 0 Å². The minimum Gasteiger partial charge on any atom is -0.507 e. The summed E-state index contributed by atoms with van der Waals surface area (Å²) < 4.78 is 0. The van der Waals surface area contributed by atoms with Crippen molar-refractivity contribution < 1.29 is 5.11 Å². The summed E-state index contributed by atoms with van der Waals surface area (Å²) in [4.78, 5) is 2.34. The van der Waals surface area contributed by atoms with Crippen molar-refractivity contribution in [1.82, 2.24) is 0 Å². The number of para-hydroxylation sites is 3. The van der Waals surface area contributed by atoms with Crippen molar-refractivity contribution in [2.45, 2.75) is 13.5 Å². The number of aryl methyl sites for hydroxylation is 1. The van der Waals surface area contributed by atoms with Crippen LogP contribution in [0.4, 0.5) is 11.4 Å². The molecule has 1 N–H and O–H groups in total. The molecule has 0 saturated heterocycles. The van der Waals surface area contributed by atoms with Crippen molar-refractivity contribution in [2.75, 3.05) is 4.90 Å². The third-order valence-corrected chi connectivity index (χ3v) is 6.35. The van der Waals surface area contributed by atoms with E-state index in [1.165, 1.54) is 16.4 Å². The molecule has 0 heterocycles. The van der Waals surface area contributed by atoms with Gasteiger partial charge < -0.3 is 10.0 Å². The molecule has 0 radical (unpaired) electrons. The Hall–Kier alpha value is -3.09. The number of phenols is 1. The lowest BCUT2D eigenvalue weighted by molar-refractivity contribution is 0.480. The minimum absolute atomic E-state index is 0.361. The molecule has 1 unspecified atom stereocenters. The number of aromatic hydroxyl groups is 1. The predicted molar refractivity (Wildman–Crippen MR) is 126 cm³/mol. The van der Waals surface area contributed by atoms with E-state index in [0.717, 1.165) is 23.2 Å². The van der Waals surface area contributed by atoms with Gasteiger partial charge in [-0.25, -0.2) is 0 Å². The molecule has 2 nitrogen and oxygen atoms in total. The van der Waals surface area contributed by atoms with Crippen molar-refractivity contribution in [2.24, 2.45) is 0 Å². The topological polar surface area (TPSA) is 23.5 Å². The lowest BCUT2D eigenvalue weighted by Crippen LogP contribution is -2.21. The van der Waals surface area contributed by atoms with E-state index in [4.69, 9.17) is 0 Å². The SMILES string of the molecule is Cc1ccc(Pc2ccccc2O)c(CN(c2ccccc2)c2ccccc2)c1. The van der Waals surface area contributed by atoms with Gasteiger partial charge in [-0.2, -0.15) is 0 Å². The Morgan fingerprint density at radius 1 is 0.690 bits per heavy atom. The number of benzene rings is 4. The summed E-state index contributed by atoms with van der Waals surface area (Å²) >= 11 is 0. The maximum absolute atomic E-state index is 10.3. The molecule has 144 valence electrons. The van der Waals surface area contributed by atoms with Gasteiger partial charge in [0, 0.05) is 23.2 Å². The smallest absolute Gasteiger partial charge is 0.123 e. The fourth-order valence-electron chi connectivity index (χ4n) is 3.42. The van der Waals surface area contributed by atoms with Crippen LogP contribution in [0.3, 0.4) is 0 Å². The average Bonchev–Trinajstić information content (AvgIpc) is 2.76. The van der Waals surface area contributed by atoms with Crippen molar-refractivity contribution in [1.29, 1.82) is 0 Å². The Kier molecular flexibility index (Phi) is 5.93. The first-order valence-electron chi connectivity index (χ1n) is 9.73. The van der Waals surface area contributed by atoms with E-state index < -0.39 is 0 Å². The van der Waals surface area contributed by atoms with E-state index in [2.05, 4.69) is 78.6 Å². The molecule has 4 rings (SSSR count). The zero-order chi connectivity index (χ0) is 20.1. The molecule has 4 aromatic rings. The van der Waals surface area contributed by atoms with Gasteiger partial charge in [-0.1, -0.05) is 86.9 Å². The first kappa shape index (κ1) is 19.2. The average molecular weight is 397 g/mol. The van der Waals surface area contributed by atoms with Crippen LogP contribution in [0.1, 0.15) is 11.1 Å². The van der Waals surface area contributed by atoms with Crippen LogP contribution in [0, 0.1) is 6.92 Å². The van der Waals surface area contributed by atoms with Crippen molar-refractivity contribution in [3.63, 3.8) is 0 Å². The van der Waals surface area contributed by atoms with E-state index in [-0.39, 0.29) is 0 Å². The fourth-order valence-corrected chi connectivity index (χ4v) is 4.58. The van der Waals surface area contributed by atoms with Crippen LogP contribution in [0.25, 0.3) is 0 Å². The van der Waals surface area contributed by atoms with Gasteiger partial charge in [0.2, 0.25) is 0 Å². The maximum Gasteiger partial charge on any atom is 0.123 e. The van der Waals surface area contributed by atoms with E-state index in [1.54, 1.807) is 6.07 Å². The normalized spacial score (nSPS) is 11.1. The molecule has 0 saturated carbocycles. The van der Waals surface area contributed by atoms with Crippen LogP contribution in [0.15, 0.2) is 103 Å². The highest BCUT2D eigenvalue weighted by Crippen LogP contribution is 2.29. The highest BCUT2D eigenvalue weighted by Gasteiger charge is 2.14. The second-order valence-electron chi connectivity index (χ2n) is 7.06. The summed E-state index contributed by atoms with van der Waals surface area (Å²) in [5.74, 6) is 0.361. The first-order valence-corrected chi connectivity index (χ1v) is 10.7. The molecule has 4 aromatic carbocycles. The second kappa shape index (κ2) is 8.94. The van der Waals surface area contributed by atoms with Gasteiger partial charge in [0.1, 0.15) is 5.75 Å². The van der Waals surface area contributed by atoms with Crippen LogP contribution in [-0.2, 0) is 6.54 Å². The van der Waals surface area contributed by atoms with Gasteiger partial charge in [-0.3, -0.25) is 0 Å². The Bertz CT molecular complexity index is 1040. The zero-order valence-electron chi connectivity index (χ0n) is 16.4. The Balaban J connectivity index is 1.73. The molecule has 0 amide bonds. The van der Waals surface area contributed by atoms with Crippen molar-refractivity contribution in [3.05, 3.63) is 114 Å². The van der Waals surface area contributed by atoms with Crippen LogP contribution >= 0.6 is 8.58 Å². The van der Waals surface area contributed by atoms with Crippen LogP contribution in [-0.4, -0.2) is 5.11 Å². The van der Waals surface area contributed by atoms with Crippen LogP contribution < -0.4 is 15.5 Å². The zero-order valence-corrected chi connectivity index (χ0v) is 17.4. The van der Waals surface area contributed by atoms with E-state index in [9.17, 15) is 5.11 Å². The van der Waals surface area contributed by atoms with Crippen molar-refractivity contribution >= 4 is 30.6 Å². The first-order chi connectivity index (χ1) is 14.2. The molecular formula is C26H24NOP. The molecule has 3 heteroatoms. The molecule has 0 aromatic heterocycles. The van der Waals surface area contributed by atoms with Gasteiger partial charge in [-0.05, 0) is 48.1 Å². The third-order valence-electron chi connectivity index (χ3n) is 4.90. The van der Waals surface area contributed by atoms with Gasteiger partial charge in [0.05, 0.1) is 0 Å². The lowest BCUT2D eigenvalue weighted by atomic mass is 10.1. The maximum atomic E-state index is 10.3. The molecule has 29 heavy (non-hydrogen) atoms. The summed E-state index contributed by atoms with van der Waals surface area (Å²) in [6.45, 7) is 2.90. The van der Waals surface area contributed by atoms with E-state index in [0.29, 0.717) is 14.3 Å². The molecule has 1 atom stereocenters. The third kappa shape index (κ3) is 4.67. The number of hydrogen-bond donors (Lipinski definition) is 1. The lowest BCUT2D eigenvalue weighted by Gasteiger charge is -2.26. The number of rotatable bonds is 6. The second-order valence-corrected chi connectivity index (χ2v) is 8.39. The van der Waals surface area contributed by atoms with Gasteiger partial charge in [0.25, 0.3) is 0 Å². The Labute approximate surface area is 174 Å². The Morgan fingerprint density at radius 2 is 1.28 bits per heavy atom. The predicted octanol–water partition coefficient (Wildman–Crippen LogP) is 5.67. The fraction of sp³-hybridized carbons (Fsp3) is 0.0769. The molecule has 0 spiro atoms. The number of phenolic OH excluding ortho intramolecular Hbond substituents is 1. The van der Waals surface area contributed by atoms with Crippen LogP contribution in [0.2, 0.25) is 0 Å². The van der Waals surface area contributed by atoms with Gasteiger partial charge in [0.15, 0.2) is 0 Å². The molecule has 0 aliphatic carbocycles. The number of hydrogen-bond acceptors (Lipinski definition) is 2. The number of nitrogens with zero attached hydrogens (tertiary/aromatic N) is 1. The highest BCUT2D eigenvalue weighted by atomic mass is 31.1. The summed E-state index contributed by atoms with van der Waals surface area (Å²) in [6.07, 6.45) is 0. The van der Waals surface area contributed by atoms with Crippen molar-refractivity contribution in [3.8, 4) is 5.75 Å². The standard InChI is InChI=1S/C26H24NOP/c1-20-16-17-25(29-26-15-9-8-14-24(26)28)21(18-20)19-27(22-10-4-2-5-11-22)23-12-6-3-7-13-23/h2-18,28-29H,19H2,1H3. The molecule has 0 bridgehead atoms. The van der Waals surface area contributed by atoms with Crippen LogP contribution in [0.5, 0.6) is 5.75 Å². The quantitative estimate of drug-likeness (QED) is 0.424. The molecular weight excluding hydrogens is 373 g/mol.